The Kier molecular flexibility index (Phi) is 6.89. The molecule has 0 radical (unpaired) electrons. The Morgan fingerprint density at radius 2 is 1.53 bits per heavy atom. The van der Waals surface area contributed by atoms with Gasteiger partial charge in [-0.25, -0.2) is 10.0 Å². The first kappa shape index (κ1) is 24.2. The van der Waals surface area contributed by atoms with Crippen LogP contribution in [0.25, 0.3) is 0 Å². The van der Waals surface area contributed by atoms with Gasteiger partial charge in [0.2, 0.25) is 5.91 Å². The molecular formula is C28H34N6O2. The lowest BCUT2D eigenvalue weighted by Crippen LogP contribution is -2.57. The molecule has 3 aromatic rings. The van der Waals surface area contributed by atoms with Gasteiger partial charge < -0.3 is 4.90 Å². The molecule has 36 heavy (non-hydrogen) atoms. The smallest absolute Gasteiger partial charge is 0.274 e. The summed E-state index contributed by atoms with van der Waals surface area (Å²) in [6.45, 7) is 10.5. The predicted octanol–water partition coefficient (Wildman–Crippen LogP) is 3.64. The van der Waals surface area contributed by atoms with Crippen molar-refractivity contribution >= 4 is 17.6 Å². The topological polar surface area (TPSA) is 75.8 Å². The molecule has 0 spiro atoms. The number of rotatable bonds is 6. The van der Waals surface area contributed by atoms with Crippen LogP contribution in [0.2, 0.25) is 0 Å². The molecule has 3 heterocycles. The fourth-order valence-corrected chi connectivity index (χ4v) is 5.10. The highest BCUT2D eigenvalue weighted by atomic mass is 16.2. The molecule has 5 rings (SSSR count). The fraction of sp³-hybridized carbons (Fsp3) is 0.393. The Labute approximate surface area is 212 Å². The van der Waals surface area contributed by atoms with E-state index in [-0.39, 0.29) is 17.7 Å². The molecule has 8 nitrogen and oxygen atoms in total. The Balaban J connectivity index is 1.41. The van der Waals surface area contributed by atoms with Crippen molar-refractivity contribution in [3.05, 3.63) is 83.0 Å². The normalized spacial score (nSPS) is 17.3. The maximum atomic E-state index is 13.8. The number of anilines is 1. The van der Waals surface area contributed by atoms with Crippen LogP contribution in [0.5, 0.6) is 0 Å². The van der Waals surface area contributed by atoms with Crippen molar-refractivity contribution in [2.75, 3.05) is 31.2 Å². The van der Waals surface area contributed by atoms with Crippen molar-refractivity contribution in [2.45, 2.75) is 45.8 Å². The van der Waals surface area contributed by atoms with E-state index in [4.69, 9.17) is 0 Å². The van der Waals surface area contributed by atoms with Crippen LogP contribution in [0, 0.1) is 0 Å². The molecule has 1 N–H and O–H groups in total. The number of aromatic nitrogens is 2. The van der Waals surface area contributed by atoms with Crippen molar-refractivity contribution in [1.82, 2.24) is 25.0 Å². The second-order valence-electron chi connectivity index (χ2n) is 9.90. The number of nitrogens with zero attached hydrogens (tertiary/aromatic N) is 5. The van der Waals surface area contributed by atoms with E-state index in [0.717, 1.165) is 43.0 Å². The number of H-pyrrole nitrogens is 1. The number of hydrazine groups is 1. The van der Waals surface area contributed by atoms with Gasteiger partial charge in [-0.15, -0.1) is 0 Å². The zero-order valence-electron chi connectivity index (χ0n) is 21.2. The molecule has 2 amide bonds. The zero-order chi connectivity index (χ0) is 25.2. The fourth-order valence-electron chi connectivity index (χ4n) is 5.10. The molecule has 8 heteroatoms. The third-order valence-corrected chi connectivity index (χ3v) is 7.33. The van der Waals surface area contributed by atoms with Crippen molar-refractivity contribution in [3.8, 4) is 0 Å². The number of carbonyl (C=O) groups excluding carboxylic acids is 2. The first-order chi connectivity index (χ1) is 17.4. The summed E-state index contributed by atoms with van der Waals surface area (Å²) >= 11 is 0. The first-order valence-electron chi connectivity index (χ1n) is 12.7. The van der Waals surface area contributed by atoms with Gasteiger partial charge in [-0.05, 0) is 38.5 Å². The molecule has 1 aromatic heterocycles. The Bertz CT molecular complexity index is 1200. The highest BCUT2D eigenvalue weighted by Crippen LogP contribution is 2.33. The van der Waals surface area contributed by atoms with Gasteiger partial charge in [0.25, 0.3) is 5.91 Å². The largest absolute Gasteiger partial charge is 0.332 e. The van der Waals surface area contributed by atoms with Gasteiger partial charge in [0.1, 0.15) is 0 Å². The van der Waals surface area contributed by atoms with Gasteiger partial charge >= 0.3 is 0 Å². The number of nitrogens with one attached hydrogen (secondary N) is 1. The summed E-state index contributed by atoms with van der Waals surface area (Å²) in [4.78, 5) is 31.4. The number of hydrogen-bond acceptors (Lipinski definition) is 5. The first-order valence-corrected chi connectivity index (χ1v) is 12.7. The van der Waals surface area contributed by atoms with Crippen LogP contribution in [0.15, 0.2) is 60.7 Å². The van der Waals surface area contributed by atoms with E-state index in [2.05, 4.69) is 34.0 Å². The number of carbonyl (C=O) groups is 2. The lowest BCUT2D eigenvalue weighted by Gasteiger charge is -2.41. The number of hydrogen-bond donors (Lipinski definition) is 1. The molecular weight excluding hydrogens is 452 g/mol. The van der Waals surface area contributed by atoms with E-state index in [0.29, 0.717) is 30.5 Å². The summed E-state index contributed by atoms with van der Waals surface area (Å²) in [5.41, 5.74) is 3.42. The SMILES string of the molecule is CC(C)N1CCN(N(C(=O)c2ccccc2)c2n[nH]c3c2CN(C(=O)[C@H](C)c2ccccc2)C3)CC1. The average molecular weight is 487 g/mol. The van der Waals surface area contributed by atoms with Gasteiger partial charge in [-0.2, -0.15) is 5.10 Å². The maximum Gasteiger partial charge on any atom is 0.274 e. The Hall–Kier alpha value is -3.49. The lowest BCUT2D eigenvalue weighted by molar-refractivity contribution is -0.133. The van der Waals surface area contributed by atoms with E-state index in [1.165, 1.54) is 0 Å². The third-order valence-electron chi connectivity index (χ3n) is 7.33. The van der Waals surface area contributed by atoms with Crippen LogP contribution in [-0.2, 0) is 17.9 Å². The van der Waals surface area contributed by atoms with Crippen molar-refractivity contribution in [3.63, 3.8) is 0 Å². The minimum absolute atomic E-state index is 0.0724. The van der Waals surface area contributed by atoms with E-state index in [1.807, 2.05) is 72.5 Å². The monoisotopic (exact) mass is 486 g/mol. The number of amides is 2. The van der Waals surface area contributed by atoms with Gasteiger partial charge in [0.15, 0.2) is 5.82 Å². The second-order valence-corrected chi connectivity index (χ2v) is 9.90. The van der Waals surface area contributed by atoms with E-state index < -0.39 is 0 Å². The van der Waals surface area contributed by atoms with Crippen LogP contribution in [0.4, 0.5) is 5.82 Å². The van der Waals surface area contributed by atoms with Gasteiger partial charge in [-0.3, -0.25) is 19.6 Å². The lowest BCUT2D eigenvalue weighted by atomic mass is 10.00. The quantitative estimate of drug-likeness (QED) is 0.576. The molecule has 0 aliphatic carbocycles. The third kappa shape index (κ3) is 4.66. The molecule has 2 aliphatic heterocycles. The molecule has 0 saturated carbocycles. The van der Waals surface area contributed by atoms with E-state index >= 15 is 0 Å². The molecule has 1 atom stereocenters. The molecule has 0 bridgehead atoms. The Morgan fingerprint density at radius 3 is 2.17 bits per heavy atom. The zero-order valence-corrected chi connectivity index (χ0v) is 21.2. The number of benzene rings is 2. The molecule has 0 unspecified atom stereocenters. The van der Waals surface area contributed by atoms with E-state index in [1.54, 1.807) is 5.01 Å². The minimum Gasteiger partial charge on any atom is -0.332 e. The highest BCUT2D eigenvalue weighted by molar-refractivity contribution is 6.05. The predicted molar refractivity (Wildman–Crippen MR) is 139 cm³/mol. The molecule has 2 aromatic carbocycles. The summed E-state index contributed by atoms with van der Waals surface area (Å²) < 4.78 is 0. The summed E-state index contributed by atoms with van der Waals surface area (Å²) in [5.74, 6) is 0.325. The van der Waals surface area contributed by atoms with Crippen LogP contribution in [0.1, 0.15) is 53.9 Å². The summed E-state index contributed by atoms with van der Waals surface area (Å²) in [6, 6.07) is 19.7. The summed E-state index contributed by atoms with van der Waals surface area (Å²) in [6.07, 6.45) is 0. The Morgan fingerprint density at radius 1 is 0.889 bits per heavy atom. The van der Waals surface area contributed by atoms with Crippen LogP contribution in [-0.4, -0.2) is 69.0 Å². The number of aromatic amines is 1. The van der Waals surface area contributed by atoms with Crippen molar-refractivity contribution < 1.29 is 9.59 Å². The van der Waals surface area contributed by atoms with Crippen molar-refractivity contribution in [2.24, 2.45) is 0 Å². The van der Waals surface area contributed by atoms with Gasteiger partial charge in [0, 0.05) is 43.3 Å². The minimum atomic E-state index is -0.238. The molecule has 1 fully saturated rings. The van der Waals surface area contributed by atoms with Gasteiger partial charge in [-0.1, -0.05) is 48.5 Å². The van der Waals surface area contributed by atoms with Crippen molar-refractivity contribution in [1.29, 1.82) is 0 Å². The number of piperazine rings is 1. The number of fused-ring (bicyclic) bond motifs is 1. The van der Waals surface area contributed by atoms with Gasteiger partial charge in [0.05, 0.1) is 24.7 Å². The average Bonchev–Trinajstić information content (AvgIpc) is 3.51. The summed E-state index contributed by atoms with van der Waals surface area (Å²) in [7, 11) is 0. The summed E-state index contributed by atoms with van der Waals surface area (Å²) in [5, 5.41) is 11.6. The standard InChI is InChI=1S/C28H34N6O2/c1-20(2)31-14-16-33(17-15-31)34(28(36)23-12-8-5-9-13-23)26-24-18-32(19-25(24)29-30-26)27(35)21(3)22-10-6-4-7-11-22/h4-13,20-21H,14-19H2,1-3H3,(H,29,30)/t21-/m1/s1. The molecule has 2 aliphatic rings. The highest BCUT2D eigenvalue weighted by Gasteiger charge is 2.37. The second kappa shape index (κ2) is 10.2. The van der Waals surface area contributed by atoms with Crippen LogP contribution in [0.3, 0.4) is 0 Å². The maximum absolute atomic E-state index is 13.8. The van der Waals surface area contributed by atoms with Crippen LogP contribution >= 0.6 is 0 Å². The van der Waals surface area contributed by atoms with Crippen LogP contribution < -0.4 is 5.01 Å². The molecule has 1 saturated heterocycles. The van der Waals surface area contributed by atoms with E-state index in [9.17, 15) is 9.59 Å². The molecule has 188 valence electrons.